The maximum Gasteiger partial charge on any atom is 0.115 e. The molecule has 2 aromatic heterocycles. The maximum atomic E-state index is 6.16. The van der Waals surface area contributed by atoms with Gasteiger partial charge < -0.3 is 5.73 Å². The number of rotatable bonds is 4. The molecule has 0 aromatic carbocycles. The van der Waals surface area contributed by atoms with Gasteiger partial charge in [-0.1, -0.05) is 6.92 Å². The van der Waals surface area contributed by atoms with Crippen LogP contribution in [0.3, 0.4) is 0 Å². The summed E-state index contributed by atoms with van der Waals surface area (Å²) in [7, 11) is 1.94. The molecule has 0 fully saturated rings. The van der Waals surface area contributed by atoms with E-state index >= 15 is 0 Å². The molecule has 1 atom stereocenters. The number of hydrogen-bond donors (Lipinski definition) is 1. The topological polar surface area (TPSA) is 69.6 Å². The van der Waals surface area contributed by atoms with Crippen LogP contribution in [-0.2, 0) is 19.9 Å². The lowest BCUT2D eigenvalue weighted by Gasteiger charge is -2.11. The van der Waals surface area contributed by atoms with Gasteiger partial charge in [0.2, 0.25) is 0 Å². The van der Waals surface area contributed by atoms with E-state index in [-0.39, 0.29) is 6.04 Å². The van der Waals surface area contributed by atoms with Crippen LogP contribution in [0, 0.1) is 0 Å². The van der Waals surface area contributed by atoms with Crippen LogP contribution in [-0.4, -0.2) is 19.7 Å². The molecule has 0 bridgehead atoms. The SMILES string of the molecule is CCc1nn(C)c(CC(N)c2ccncn2)c1Br. The van der Waals surface area contributed by atoms with E-state index in [9.17, 15) is 0 Å². The van der Waals surface area contributed by atoms with E-state index in [1.165, 1.54) is 6.33 Å². The summed E-state index contributed by atoms with van der Waals surface area (Å²) in [6.07, 6.45) is 4.82. The van der Waals surface area contributed by atoms with Gasteiger partial charge in [-0.15, -0.1) is 0 Å². The molecule has 0 radical (unpaired) electrons. The number of nitrogens with two attached hydrogens (primary N) is 1. The fourth-order valence-electron chi connectivity index (χ4n) is 1.87. The van der Waals surface area contributed by atoms with Gasteiger partial charge in [0.15, 0.2) is 0 Å². The summed E-state index contributed by atoms with van der Waals surface area (Å²) in [5, 5.41) is 4.46. The molecule has 5 nitrogen and oxygen atoms in total. The first-order chi connectivity index (χ1) is 8.63. The molecule has 18 heavy (non-hydrogen) atoms. The quantitative estimate of drug-likeness (QED) is 0.934. The molecule has 0 spiro atoms. The minimum Gasteiger partial charge on any atom is -0.322 e. The molecule has 96 valence electrons. The Balaban J connectivity index is 2.22. The highest BCUT2D eigenvalue weighted by atomic mass is 79.9. The summed E-state index contributed by atoms with van der Waals surface area (Å²) in [6.45, 7) is 2.08. The van der Waals surface area contributed by atoms with Crippen molar-refractivity contribution in [2.24, 2.45) is 12.8 Å². The van der Waals surface area contributed by atoms with Crippen LogP contribution in [0.25, 0.3) is 0 Å². The van der Waals surface area contributed by atoms with Gasteiger partial charge in [0.1, 0.15) is 6.33 Å². The van der Waals surface area contributed by atoms with Gasteiger partial charge in [-0.3, -0.25) is 4.68 Å². The van der Waals surface area contributed by atoms with Crippen LogP contribution in [0.2, 0.25) is 0 Å². The normalized spacial score (nSPS) is 12.7. The molecule has 0 aliphatic rings. The summed E-state index contributed by atoms with van der Waals surface area (Å²) in [5.74, 6) is 0. The first-order valence-corrected chi connectivity index (χ1v) is 6.64. The zero-order chi connectivity index (χ0) is 13.1. The Bertz CT molecular complexity index is 523. The van der Waals surface area contributed by atoms with Crippen molar-refractivity contribution in [3.05, 3.63) is 40.1 Å². The molecule has 2 rings (SSSR count). The molecule has 0 aliphatic carbocycles. The Morgan fingerprint density at radius 1 is 1.50 bits per heavy atom. The van der Waals surface area contributed by atoms with Crippen molar-refractivity contribution < 1.29 is 0 Å². The molecule has 2 heterocycles. The van der Waals surface area contributed by atoms with Crippen molar-refractivity contribution in [1.82, 2.24) is 19.7 Å². The Morgan fingerprint density at radius 2 is 2.28 bits per heavy atom. The van der Waals surface area contributed by atoms with Gasteiger partial charge in [0.25, 0.3) is 0 Å². The van der Waals surface area contributed by atoms with E-state index in [0.717, 1.165) is 28.0 Å². The lowest BCUT2D eigenvalue weighted by atomic mass is 10.1. The predicted octanol–water partition coefficient (Wildman–Crippen LogP) is 1.78. The number of hydrogen-bond acceptors (Lipinski definition) is 4. The maximum absolute atomic E-state index is 6.16. The van der Waals surface area contributed by atoms with Gasteiger partial charge in [0, 0.05) is 19.7 Å². The summed E-state index contributed by atoms with van der Waals surface area (Å²) in [4.78, 5) is 8.07. The van der Waals surface area contributed by atoms with Crippen LogP contribution in [0.15, 0.2) is 23.1 Å². The third-order valence-electron chi connectivity index (χ3n) is 2.90. The third kappa shape index (κ3) is 2.59. The predicted molar refractivity (Wildman–Crippen MR) is 73.0 cm³/mol. The van der Waals surface area contributed by atoms with E-state index in [2.05, 4.69) is 37.9 Å². The van der Waals surface area contributed by atoms with Crippen LogP contribution >= 0.6 is 15.9 Å². The summed E-state index contributed by atoms with van der Waals surface area (Å²) >= 11 is 3.59. The number of aryl methyl sites for hydroxylation is 2. The van der Waals surface area contributed by atoms with Gasteiger partial charge >= 0.3 is 0 Å². The van der Waals surface area contributed by atoms with Crippen LogP contribution < -0.4 is 5.73 Å². The minimum absolute atomic E-state index is 0.149. The highest BCUT2D eigenvalue weighted by molar-refractivity contribution is 9.10. The molecule has 2 aromatic rings. The van der Waals surface area contributed by atoms with Crippen molar-refractivity contribution >= 4 is 15.9 Å². The highest BCUT2D eigenvalue weighted by Gasteiger charge is 2.17. The van der Waals surface area contributed by atoms with Gasteiger partial charge in [-0.05, 0) is 28.4 Å². The monoisotopic (exact) mass is 309 g/mol. The standard InChI is InChI=1S/C12H16BrN5/c1-3-9-12(13)11(18(2)17-9)6-8(14)10-4-5-15-7-16-10/h4-5,7-8H,3,6,14H2,1-2H3. The first kappa shape index (κ1) is 13.2. The molecular weight excluding hydrogens is 294 g/mol. The Kier molecular flexibility index (Phi) is 4.08. The van der Waals surface area contributed by atoms with Crippen molar-refractivity contribution in [1.29, 1.82) is 0 Å². The van der Waals surface area contributed by atoms with Gasteiger partial charge in [0.05, 0.1) is 27.6 Å². The molecule has 0 saturated carbocycles. The molecule has 0 saturated heterocycles. The Morgan fingerprint density at radius 3 is 2.83 bits per heavy atom. The van der Waals surface area contributed by atoms with Crippen molar-refractivity contribution in [2.45, 2.75) is 25.8 Å². The molecular formula is C12H16BrN5. The lowest BCUT2D eigenvalue weighted by molar-refractivity contribution is 0.625. The molecule has 1 unspecified atom stereocenters. The van der Waals surface area contributed by atoms with Gasteiger partial charge in [-0.25, -0.2) is 9.97 Å². The second kappa shape index (κ2) is 5.58. The second-order valence-electron chi connectivity index (χ2n) is 4.13. The smallest absolute Gasteiger partial charge is 0.115 e. The zero-order valence-corrected chi connectivity index (χ0v) is 12.1. The fourth-order valence-corrected chi connectivity index (χ4v) is 2.65. The number of halogens is 1. The Labute approximate surface area is 115 Å². The number of aromatic nitrogens is 4. The first-order valence-electron chi connectivity index (χ1n) is 5.85. The zero-order valence-electron chi connectivity index (χ0n) is 10.5. The van der Waals surface area contributed by atoms with Crippen LogP contribution in [0.4, 0.5) is 0 Å². The summed E-state index contributed by atoms with van der Waals surface area (Å²) in [6, 6.07) is 1.69. The fraction of sp³-hybridized carbons (Fsp3) is 0.417. The molecule has 0 aliphatic heterocycles. The summed E-state index contributed by atoms with van der Waals surface area (Å²) in [5.41, 5.74) is 9.16. The van der Waals surface area contributed by atoms with Crippen molar-refractivity contribution in [2.75, 3.05) is 0 Å². The van der Waals surface area contributed by atoms with E-state index in [0.29, 0.717) is 6.42 Å². The second-order valence-corrected chi connectivity index (χ2v) is 4.92. The highest BCUT2D eigenvalue weighted by Crippen LogP contribution is 2.25. The van der Waals surface area contributed by atoms with E-state index in [1.807, 2.05) is 17.8 Å². The van der Waals surface area contributed by atoms with Gasteiger partial charge in [-0.2, -0.15) is 5.10 Å². The molecule has 6 heteroatoms. The van der Waals surface area contributed by atoms with Crippen molar-refractivity contribution in [3.63, 3.8) is 0 Å². The van der Waals surface area contributed by atoms with E-state index < -0.39 is 0 Å². The van der Waals surface area contributed by atoms with E-state index in [1.54, 1.807) is 6.20 Å². The van der Waals surface area contributed by atoms with Crippen molar-refractivity contribution in [3.8, 4) is 0 Å². The Hall–Kier alpha value is -1.27. The minimum atomic E-state index is -0.149. The average molecular weight is 310 g/mol. The summed E-state index contributed by atoms with van der Waals surface area (Å²) < 4.78 is 2.93. The van der Waals surface area contributed by atoms with E-state index in [4.69, 9.17) is 5.73 Å². The number of nitrogens with zero attached hydrogens (tertiary/aromatic N) is 4. The molecule has 0 amide bonds. The lowest BCUT2D eigenvalue weighted by Crippen LogP contribution is -2.17. The largest absolute Gasteiger partial charge is 0.322 e. The average Bonchev–Trinajstić information content (AvgIpc) is 2.67. The molecule has 2 N–H and O–H groups in total. The van der Waals surface area contributed by atoms with Crippen LogP contribution in [0.5, 0.6) is 0 Å². The third-order valence-corrected chi connectivity index (χ3v) is 3.82. The van der Waals surface area contributed by atoms with Crippen LogP contribution in [0.1, 0.15) is 30.0 Å².